The molecule has 108 valence electrons. The van der Waals surface area contributed by atoms with Crippen molar-refractivity contribution in [2.45, 2.75) is 32.7 Å². The molecule has 0 saturated heterocycles. The van der Waals surface area contributed by atoms with Gasteiger partial charge in [0.25, 0.3) is 0 Å². The summed E-state index contributed by atoms with van der Waals surface area (Å²) in [7, 11) is 1.47. The van der Waals surface area contributed by atoms with Gasteiger partial charge in [-0.05, 0) is 37.1 Å². The number of hydrogen-bond acceptors (Lipinski definition) is 3. The molecule has 1 atom stereocenters. The standard InChI is InChI=1S/C15H24FNO2/c1-4-8-19-11-13(17-5-2)9-12-6-7-15(18-3)14(16)10-12/h6-7,10,13,17H,4-5,8-9,11H2,1-3H3. The van der Waals surface area contributed by atoms with E-state index in [-0.39, 0.29) is 17.6 Å². The van der Waals surface area contributed by atoms with Crippen LogP contribution >= 0.6 is 0 Å². The number of methoxy groups -OCH3 is 1. The number of likely N-dealkylation sites (N-methyl/N-ethyl adjacent to an activating group) is 1. The predicted octanol–water partition coefficient (Wildman–Crippen LogP) is 2.78. The van der Waals surface area contributed by atoms with E-state index in [4.69, 9.17) is 9.47 Å². The van der Waals surface area contributed by atoms with Gasteiger partial charge in [0, 0.05) is 12.6 Å². The van der Waals surface area contributed by atoms with Gasteiger partial charge in [-0.15, -0.1) is 0 Å². The van der Waals surface area contributed by atoms with Crippen molar-refractivity contribution < 1.29 is 13.9 Å². The van der Waals surface area contributed by atoms with Crippen molar-refractivity contribution in [3.63, 3.8) is 0 Å². The third kappa shape index (κ3) is 5.57. The van der Waals surface area contributed by atoms with Crippen molar-refractivity contribution in [1.29, 1.82) is 0 Å². The molecule has 0 fully saturated rings. The maximum atomic E-state index is 13.6. The van der Waals surface area contributed by atoms with Gasteiger partial charge in [-0.1, -0.05) is 19.9 Å². The van der Waals surface area contributed by atoms with Crippen molar-refractivity contribution in [1.82, 2.24) is 5.32 Å². The minimum Gasteiger partial charge on any atom is -0.494 e. The highest BCUT2D eigenvalue weighted by molar-refractivity contribution is 5.29. The van der Waals surface area contributed by atoms with Crippen molar-refractivity contribution in [3.8, 4) is 5.75 Å². The Morgan fingerprint density at radius 1 is 1.32 bits per heavy atom. The highest BCUT2D eigenvalue weighted by Gasteiger charge is 2.10. The maximum absolute atomic E-state index is 13.6. The van der Waals surface area contributed by atoms with Gasteiger partial charge in [0.05, 0.1) is 13.7 Å². The van der Waals surface area contributed by atoms with Gasteiger partial charge < -0.3 is 14.8 Å². The van der Waals surface area contributed by atoms with E-state index in [9.17, 15) is 4.39 Å². The Hall–Kier alpha value is -1.13. The topological polar surface area (TPSA) is 30.5 Å². The van der Waals surface area contributed by atoms with E-state index in [0.29, 0.717) is 6.61 Å². The summed E-state index contributed by atoms with van der Waals surface area (Å²) in [6.07, 6.45) is 1.76. The summed E-state index contributed by atoms with van der Waals surface area (Å²) < 4.78 is 24.1. The SMILES string of the molecule is CCCOCC(Cc1ccc(OC)c(F)c1)NCC. The van der Waals surface area contributed by atoms with Gasteiger partial charge in [-0.2, -0.15) is 0 Å². The quantitative estimate of drug-likeness (QED) is 0.699. The normalized spacial score (nSPS) is 12.4. The van der Waals surface area contributed by atoms with Crippen LogP contribution in [0.5, 0.6) is 5.75 Å². The molecule has 0 radical (unpaired) electrons. The fraction of sp³-hybridized carbons (Fsp3) is 0.600. The summed E-state index contributed by atoms with van der Waals surface area (Å²) in [4.78, 5) is 0. The van der Waals surface area contributed by atoms with E-state index >= 15 is 0 Å². The van der Waals surface area contributed by atoms with Crippen LogP contribution in [0.2, 0.25) is 0 Å². The largest absolute Gasteiger partial charge is 0.494 e. The summed E-state index contributed by atoms with van der Waals surface area (Å²) in [5.74, 6) is -0.0318. The first-order valence-corrected chi connectivity index (χ1v) is 6.84. The van der Waals surface area contributed by atoms with Gasteiger partial charge in [0.1, 0.15) is 0 Å². The molecule has 19 heavy (non-hydrogen) atoms. The Morgan fingerprint density at radius 3 is 2.68 bits per heavy atom. The monoisotopic (exact) mass is 269 g/mol. The Morgan fingerprint density at radius 2 is 2.11 bits per heavy atom. The zero-order valence-electron chi connectivity index (χ0n) is 12.0. The van der Waals surface area contributed by atoms with Gasteiger partial charge in [-0.25, -0.2) is 4.39 Å². The number of rotatable bonds is 9. The molecule has 1 N–H and O–H groups in total. The highest BCUT2D eigenvalue weighted by Crippen LogP contribution is 2.18. The smallest absolute Gasteiger partial charge is 0.165 e. The van der Waals surface area contributed by atoms with Crippen molar-refractivity contribution in [2.75, 3.05) is 26.9 Å². The van der Waals surface area contributed by atoms with Gasteiger partial charge in [-0.3, -0.25) is 0 Å². The molecule has 0 aliphatic heterocycles. The lowest BCUT2D eigenvalue weighted by Gasteiger charge is -2.18. The maximum Gasteiger partial charge on any atom is 0.165 e. The van der Waals surface area contributed by atoms with Gasteiger partial charge >= 0.3 is 0 Å². The molecule has 1 aromatic rings. The third-order valence-corrected chi connectivity index (χ3v) is 2.86. The third-order valence-electron chi connectivity index (χ3n) is 2.86. The number of benzene rings is 1. The molecule has 1 unspecified atom stereocenters. The van der Waals surface area contributed by atoms with Crippen molar-refractivity contribution >= 4 is 0 Å². The average molecular weight is 269 g/mol. The van der Waals surface area contributed by atoms with E-state index in [0.717, 1.165) is 31.6 Å². The highest BCUT2D eigenvalue weighted by atomic mass is 19.1. The van der Waals surface area contributed by atoms with Crippen LogP contribution in [0.1, 0.15) is 25.8 Å². The van der Waals surface area contributed by atoms with Crippen LogP contribution in [0, 0.1) is 5.82 Å². The van der Waals surface area contributed by atoms with E-state index in [1.54, 1.807) is 6.07 Å². The van der Waals surface area contributed by atoms with E-state index in [1.165, 1.54) is 13.2 Å². The van der Waals surface area contributed by atoms with Gasteiger partial charge in [0.15, 0.2) is 11.6 Å². The molecule has 0 aliphatic rings. The van der Waals surface area contributed by atoms with Crippen LogP contribution < -0.4 is 10.1 Å². The lowest BCUT2D eigenvalue weighted by atomic mass is 10.1. The Kier molecular flexibility index (Phi) is 7.45. The van der Waals surface area contributed by atoms with Crippen LogP contribution in [0.15, 0.2) is 18.2 Å². The fourth-order valence-corrected chi connectivity index (χ4v) is 1.97. The number of halogens is 1. The van der Waals surface area contributed by atoms with Crippen LogP contribution in [0.4, 0.5) is 4.39 Å². The average Bonchev–Trinajstić information content (AvgIpc) is 2.39. The fourth-order valence-electron chi connectivity index (χ4n) is 1.97. The summed E-state index contributed by atoms with van der Waals surface area (Å²) in [6.45, 7) is 6.43. The number of ether oxygens (including phenoxy) is 2. The van der Waals surface area contributed by atoms with E-state index < -0.39 is 0 Å². The molecule has 0 amide bonds. The second-order valence-corrected chi connectivity index (χ2v) is 4.50. The minimum atomic E-state index is -0.315. The molecule has 1 rings (SSSR count). The van der Waals surface area contributed by atoms with E-state index in [1.807, 2.05) is 6.07 Å². The summed E-state index contributed by atoms with van der Waals surface area (Å²) >= 11 is 0. The molecular formula is C15H24FNO2. The number of nitrogens with one attached hydrogen (secondary N) is 1. The molecule has 0 heterocycles. The molecule has 1 aromatic carbocycles. The first kappa shape index (κ1) is 15.9. The number of hydrogen-bond donors (Lipinski definition) is 1. The van der Waals surface area contributed by atoms with Crippen LogP contribution in [-0.4, -0.2) is 32.9 Å². The molecule has 0 saturated carbocycles. The first-order chi connectivity index (χ1) is 9.21. The zero-order chi connectivity index (χ0) is 14.1. The molecule has 0 aromatic heterocycles. The lowest BCUT2D eigenvalue weighted by molar-refractivity contribution is 0.112. The first-order valence-electron chi connectivity index (χ1n) is 6.84. The lowest BCUT2D eigenvalue weighted by Crippen LogP contribution is -2.35. The minimum absolute atomic E-state index is 0.212. The van der Waals surface area contributed by atoms with Gasteiger partial charge in [0.2, 0.25) is 0 Å². The van der Waals surface area contributed by atoms with Crippen LogP contribution in [-0.2, 0) is 11.2 Å². The van der Waals surface area contributed by atoms with Crippen molar-refractivity contribution in [3.05, 3.63) is 29.6 Å². The zero-order valence-corrected chi connectivity index (χ0v) is 12.0. The second kappa shape index (κ2) is 8.88. The molecular weight excluding hydrogens is 245 g/mol. The second-order valence-electron chi connectivity index (χ2n) is 4.50. The van der Waals surface area contributed by atoms with Crippen LogP contribution in [0.3, 0.4) is 0 Å². The van der Waals surface area contributed by atoms with E-state index in [2.05, 4.69) is 19.2 Å². The summed E-state index contributed by atoms with van der Waals surface area (Å²) in [5.41, 5.74) is 0.948. The Bertz CT molecular complexity index is 371. The molecule has 0 spiro atoms. The van der Waals surface area contributed by atoms with Crippen molar-refractivity contribution in [2.24, 2.45) is 0 Å². The summed E-state index contributed by atoms with van der Waals surface area (Å²) in [6, 6.07) is 5.31. The molecule has 3 nitrogen and oxygen atoms in total. The molecule has 0 bridgehead atoms. The van der Waals surface area contributed by atoms with Crippen LogP contribution in [0.25, 0.3) is 0 Å². The Balaban J connectivity index is 2.59. The molecule has 0 aliphatic carbocycles. The summed E-state index contributed by atoms with van der Waals surface area (Å²) in [5, 5.41) is 3.36. The predicted molar refractivity (Wildman–Crippen MR) is 75.2 cm³/mol. The molecule has 4 heteroatoms. The Labute approximate surface area is 115 Å².